The average Bonchev–Trinajstić information content (AvgIpc) is 2.17. The van der Waals surface area contributed by atoms with E-state index in [4.69, 9.17) is 0 Å². The maximum absolute atomic E-state index is 2.37. The van der Waals surface area contributed by atoms with Crippen LogP contribution in [0.25, 0.3) is 0 Å². The summed E-state index contributed by atoms with van der Waals surface area (Å²) in [6.45, 7) is 9.25. The van der Waals surface area contributed by atoms with Gasteiger partial charge >= 0.3 is 97.2 Å². The van der Waals surface area contributed by atoms with Gasteiger partial charge in [-0.2, -0.15) is 0 Å². The molecule has 0 spiro atoms. The van der Waals surface area contributed by atoms with Crippen LogP contribution in [0.4, 0.5) is 0 Å². The third-order valence-electron chi connectivity index (χ3n) is 3.79. The molecular formula is C13H19Li. The molecule has 1 aromatic carbocycles. The second kappa shape index (κ2) is 4.56. The number of hydrogen-bond donors (Lipinski definition) is 0. The summed E-state index contributed by atoms with van der Waals surface area (Å²) >= 11 is 2.37. The molecule has 0 saturated carbocycles. The second-order valence-electron chi connectivity index (χ2n) is 4.96. The zero-order valence-electron chi connectivity index (χ0n) is 10.0. The summed E-state index contributed by atoms with van der Waals surface area (Å²) in [5.74, 6) is 1.34. The van der Waals surface area contributed by atoms with Crippen molar-refractivity contribution in [2.45, 2.75) is 31.8 Å². The molecule has 0 N–H and O–H groups in total. The van der Waals surface area contributed by atoms with E-state index in [-0.39, 0.29) is 0 Å². The van der Waals surface area contributed by atoms with Gasteiger partial charge in [0.15, 0.2) is 0 Å². The summed E-state index contributed by atoms with van der Waals surface area (Å²) in [4.78, 5) is 0. The van der Waals surface area contributed by atoms with Crippen molar-refractivity contribution in [2.75, 3.05) is 0 Å². The van der Waals surface area contributed by atoms with Gasteiger partial charge in [0.1, 0.15) is 0 Å². The Morgan fingerprint density at radius 1 is 0.929 bits per heavy atom. The zero-order valence-corrected chi connectivity index (χ0v) is 10.0. The second-order valence-corrected chi connectivity index (χ2v) is 4.96. The van der Waals surface area contributed by atoms with Crippen LogP contribution in [-0.2, 0) is 4.09 Å². The molecule has 0 atom stereocenters. The van der Waals surface area contributed by atoms with Crippen LogP contribution in [0.1, 0.15) is 33.3 Å². The summed E-state index contributed by atoms with van der Waals surface area (Å²) in [7, 11) is 0. The van der Waals surface area contributed by atoms with Crippen molar-refractivity contribution >= 4 is 17.7 Å². The van der Waals surface area contributed by atoms with Crippen LogP contribution in [0.2, 0.25) is 0 Å². The molecule has 72 valence electrons. The van der Waals surface area contributed by atoms with E-state index in [2.05, 4.69) is 75.7 Å². The van der Waals surface area contributed by atoms with E-state index < -0.39 is 0 Å². The number of rotatable bonds is 3. The third kappa shape index (κ3) is 2.07. The first kappa shape index (κ1) is 11.9. The molecule has 14 heavy (non-hydrogen) atoms. The Hall–Kier alpha value is -0.183. The first-order valence-corrected chi connectivity index (χ1v) is 5.55. The van der Waals surface area contributed by atoms with Crippen LogP contribution in [0.15, 0.2) is 30.3 Å². The molecule has 0 radical (unpaired) electrons. The monoisotopic (exact) mass is 182 g/mol. The molecular weight excluding hydrogens is 163 g/mol. The molecule has 0 amide bonds. The van der Waals surface area contributed by atoms with Crippen molar-refractivity contribution in [2.24, 2.45) is 11.8 Å². The van der Waals surface area contributed by atoms with Crippen LogP contribution in [0.3, 0.4) is 0 Å². The Bertz CT molecular complexity index is 267. The first-order chi connectivity index (χ1) is 6.49. The molecule has 0 aliphatic carbocycles. The molecule has 0 aliphatic heterocycles. The topological polar surface area (TPSA) is 0 Å². The molecule has 1 rings (SSSR count). The maximum atomic E-state index is 2.37. The van der Waals surface area contributed by atoms with E-state index in [1.807, 2.05) is 0 Å². The summed E-state index contributed by atoms with van der Waals surface area (Å²) in [5, 5.41) is 0. The van der Waals surface area contributed by atoms with Crippen molar-refractivity contribution < 1.29 is 0 Å². The van der Waals surface area contributed by atoms with Gasteiger partial charge in [-0.3, -0.25) is 0 Å². The molecule has 0 heterocycles. The van der Waals surface area contributed by atoms with E-state index in [0.29, 0.717) is 15.9 Å². The third-order valence-corrected chi connectivity index (χ3v) is 3.79. The molecule has 0 fully saturated rings. The fourth-order valence-corrected chi connectivity index (χ4v) is 2.13. The molecule has 0 saturated heterocycles. The molecule has 1 heteroatoms. The predicted octanol–water partition coefficient (Wildman–Crippen LogP) is 3.36. The van der Waals surface area contributed by atoms with Gasteiger partial charge in [0.25, 0.3) is 0 Å². The van der Waals surface area contributed by atoms with Gasteiger partial charge in [-0.15, -0.1) is 0 Å². The Balaban J connectivity index is 3.13. The van der Waals surface area contributed by atoms with Crippen LogP contribution in [-0.4, -0.2) is 17.7 Å². The van der Waals surface area contributed by atoms with Crippen LogP contribution < -0.4 is 0 Å². The van der Waals surface area contributed by atoms with E-state index >= 15 is 0 Å². The molecule has 1 aromatic rings. The van der Waals surface area contributed by atoms with Crippen molar-refractivity contribution in [1.29, 1.82) is 0 Å². The number of benzene rings is 1. The minimum absolute atomic E-state index is 0.293. The van der Waals surface area contributed by atoms with Crippen LogP contribution in [0, 0.1) is 11.8 Å². The quantitative estimate of drug-likeness (QED) is 0.629. The fourth-order valence-electron chi connectivity index (χ4n) is 2.13. The van der Waals surface area contributed by atoms with E-state index in [1.165, 1.54) is 5.56 Å². The number of hydrogen-bond acceptors (Lipinski definition) is 0. The standard InChI is InChI=1S/C13H19.Li/c1-10(2)13(11(3)4)12-8-6-5-7-9-12;/h5-11H,1-4H3;. The van der Waals surface area contributed by atoms with Crippen LogP contribution in [0.5, 0.6) is 0 Å². The van der Waals surface area contributed by atoms with Crippen LogP contribution >= 0.6 is 0 Å². The van der Waals surface area contributed by atoms with E-state index in [1.54, 1.807) is 0 Å². The fraction of sp³-hybridized carbons (Fsp3) is 0.538. The summed E-state index contributed by atoms with van der Waals surface area (Å²) < 4.78 is 0.293. The van der Waals surface area contributed by atoms with Gasteiger partial charge in [0.05, 0.1) is 0 Å². The predicted molar refractivity (Wildman–Crippen MR) is 63.6 cm³/mol. The Morgan fingerprint density at radius 3 is 1.71 bits per heavy atom. The molecule has 0 bridgehead atoms. The van der Waals surface area contributed by atoms with Gasteiger partial charge in [-0.1, -0.05) is 0 Å². The van der Waals surface area contributed by atoms with Gasteiger partial charge in [0.2, 0.25) is 0 Å². The zero-order chi connectivity index (χ0) is 10.8. The van der Waals surface area contributed by atoms with E-state index in [0.717, 1.165) is 0 Å². The van der Waals surface area contributed by atoms with Gasteiger partial charge < -0.3 is 0 Å². The molecule has 0 aliphatic rings. The van der Waals surface area contributed by atoms with Crippen molar-refractivity contribution in [3.8, 4) is 0 Å². The normalized spacial score (nSPS) is 12.6. The van der Waals surface area contributed by atoms with Crippen molar-refractivity contribution in [3.63, 3.8) is 0 Å². The molecule has 0 aromatic heterocycles. The summed E-state index contributed by atoms with van der Waals surface area (Å²) in [6, 6.07) is 10.9. The van der Waals surface area contributed by atoms with Gasteiger partial charge in [-0.05, 0) is 0 Å². The van der Waals surface area contributed by atoms with E-state index in [9.17, 15) is 0 Å². The molecule has 0 nitrogen and oxygen atoms in total. The minimum atomic E-state index is 0.293. The summed E-state index contributed by atoms with van der Waals surface area (Å²) in [6.07, 6.45) is 0. The first-order valence-electron chi connectivity index (χ1n) is 5.55. The van der Waals surface area contributed by atoms with Gasteiger partial charge in [-0.25, -0.2) is 0 Å². The average molecular weight is 182 g/mol. The Kier molecular flexibility index (Phi) is 3.87. The molecule has 0 unspecified atom stereocenters. The SMILES string of the molecule is [Li][C](c1ccccc1)(C(C)C)C(C)C. The van der Waals surface area contributed by atoms with Gasteiger partial charge in [0, 0.05) is 0 Å². The van der Waals surface area contributed by atoms with Crippen molar-refractivity contribution in [1.82, 2.24) is 0 Å². The Morgan fingerprint density at radius 2 is 1.36 bits per heavy atom. The van der Waals surface area contributed by atoms with Crippen molar-refractivity contribution in [3.05, 3.63) is 35.9 Å². The summed E-state index contributed by atoms with van der Waals surface area (Å²) in [5.41, 5.74) is 1.46. The Labute approximate surface area is 97.3 Å².